The zero-order valence-corrected chi connectivity index (χ0v) is 8.18. The summed E-state index contributed by atoms with van der Waals surface area (Å²) in [5.41, 5.74) is -0.00926. The van der Waals surface area contributed by atoms with Gasteiger partial charge in [0.1, 0.15) is 0 Å². The Morgan fingerprint density at radius 1 is 1.70 bits per heavy atom. The molecule has 0 spiro atoms. The van der Waals surface area contributed by atoms with Gasteiger partial charge in [-0.1, -0.05) is 11.6 Å². The first kappa shape index (κ1) is 8.07. The van der Waals surface area contributed by atoms with Gasteiger partial charge in [0.05, 0.1) is 8.59 Å². The summed E-state index contributed by atoms with van der Waals surface area (Å²) in [6.45, 7) is 0. The fourth-order valence-electron chi connectivity index (χ4n) is 0.632. The van der Waals surface area contributed by atoms with Crippen LogP contribution in [0.15, 0.2) is 17.1 Å². The quantitative estimate of drug-likeness (QED) is 0.656. The molecule has 0 radical (unpaired) electrons. The zero-order valence-electron chi connectivity index (χ0n) is 5.27. The van der Waals surface area contributed by atoms with Crippen molar-refractivity contribution >= 4 is 34.2 Å². The third-order valence-corrected chi connectivity index (χ3v) is 2.09. The van der Waals surface area contributed by atoms with E-state index in [9.17, 15) is 4.79 Å². The number of rotatable bonds is 0. The van der Waals surface area contributed by atoms with Crippen LogP contribution in [0.5, 0.6) is 0 Å². The van der Waals surface area contributed by atoms with Gasteiger partial charge in [-0.05, 0) is 28.7 Å². The summed E-state index contributed by atoms with van der Waals surface area (Å²) in [6.07, 6.45) is 1.59. The number of hydrogen-bond acceptors (Lipinski definition) is 1. The van der Waals surface area contributed by atoms with E-state index in [1.54, 1.807) is 19.3 Å². The third kappa shape index (κ3) is 1.52. The minimum atomic E-state index is -0.00926. The second-order valence-corrected chi connectivity index (χ2v) is 3.52. The van der Waals surface area contributed by atoms with Gasteiger partial charge in [0.25, 0.3) is 5.56 Å². The predicted molar refractivity (Wildman–Crippen MR) is 49.4 cm³/mol. The molecular weight excluding hydrogens is 264 g/mol. The smallest absolute Gasteiger partial charge is 0.263 e. The third-order valence-electron chi connectivity index (χ3n) is 1.11. The van der Waals surface area contributed by atoms with Crippen LogP contribution in [0.4, 0.5) is 0 Å². The normalized spacial score (nSPS) is 9.90. The van der Waals surface area contributed by atoms with Gasteiger partial charge in [-0.2, -0.15) is 0 Å². The molecule has 0 saturated carbocycles. The van der Waals surface area contributed by atoms with Gasteiger partial charge in [0.2, 0.25) is 0 Å². The molecule has 0 aliphatic rings. The SMILES string of the molecule is Cn1cc(Cl)cc(I)c1=O. The van der Waals surface area contributed by atoms with Gasteiger partial charge in [0, 0.05) is 13.2 Å². The van der Waals surface area contributed by atoms with Crippen molar-refractivity contribution in [2.24, 2.45) is 7.05 Å². The molecule has 1 aromatic rings. The van der Waals surface area contributed by atoms with Crippen LogP contribution in [0.2, 0.25) is 5.02 Å². The number of hydrogen-bond donors (Lipinski definition) is 0. The van der Waals surface area contributed by atoms with Crippen LogP contribution in [-0.4, -0.2) is 4.57 Å². The van der Waals surface area contributed by atoms with Crippen molar-refractivity contribution in [2.45, 2.75) is 0 Å². The van der Waals surface area contributed by atoms with Crippen molar-refractivity contribution in [2.75, 3.05) is 0 Å². The second-order valence-electron chi connectivity index (χ2n) is 1.92. The molecule has 0 saturated heterocycles. The maximum absolute atomic E-state index is 11.0. The first-order valence-corrected chi connectivity index (χ1v) is 4.08. The number of pyridine rings is 1. The first-order chi connectivity index (χ1) is 4.61. The standard InChI is InChI=1S/C6H5ClINO/c1-9-3-4(7)2-5(8)6(9)10/h2-3H,1H3. The van der Waals surface area contributed by atoms with Crippen molar-refractivity contribution < 1.29 is 0 Å². The second kappa shape index (κ2) is 2.92. The van der Waals surface area contributed by atoms with Crippen molar-refractivity contribution in [3.8, 4) is 0 Å². The Labute approximate surface area is 77.0 Å². The lowest BCUT2D eigenvalue weighted by Crippen LogP contribution is -2.17. The van der Waals surface area contributed by atoms with E-state index in [1.807, 2.05) is 22.6 Å². The van der Waals surface area contributed by atoms with Crippen molar-refractivity contribution in [3.63, 3.8) is 0 Å². The molecule has 0 bridgehead atoms. The maximum atomic E-state index is 11.0. The average molecular weight is 269 g/mol. The van der Waals surface area contributed by atoms with E-state index in [0.717, 1.165) is 0 Å². The Balaban J connectivity index is 3.46. The summed E-state index contributed by atoms with van der Waals surface area (Å²) in [4.78, 5) is 11.0. The lowest BCUT2D eigenvalue weighted by atomic mass is 10.5. The van der Waals surface area contributed by atoms with Crippen LogP contribution in [0.1, 0.15) is 0 Å². The Morgan fingerprint density at radius 3 is 2.80 bits per heavy atom. The molecule has 0 atom stereocenters. The Hall–Kier alpha value is -0.0300. The maximum Gasteiger partial charge on any atom is 0.263 e. The molecule has 4 heteroatoms. The summed E-state index contributed by atoms with van der Waals surface area (Å²) < 4.78 is 2.11. The lowest BCUT2D eigenvalue weighted by Gasteiger charge is -1.97. The lowest BCUT2D eigenvalue weighted by molar-refractivity contribution is 0.853. The van der Waals surface area contributed by atoms with Crippen LogP contribution in [-0.2, 0) is 7.05 Å². The summed E-state index contributed by atoms with van der Waals surface area (Å²) in [6, 6.07) is 1.64. The Bertz CT molecular complexity index is 281. The molecular formula is C6H5ClINO. The molecule has 0 N–H and O–H groups in total. The highest BCUT2D eigenvalue weighted by molar-refractivity contribution is 14.1. The van der Waals surface area contributed by atoms with Crippen LogP contribution < -0.4 is 5.56 Å². The van der Waals surface area contributed by atoms with E-state index in [2.05, 4.69) is 0 Å². The largest absolute Gasteiger partial charge is 0.316 e. The van der Waals surface area contributed by atoms with Crippen LogP contribution >= 0.6 is 34.2 Å². The number of aromatic nitrogens is 1. The van der Waals surface area contributed by atoms with Crippen LogP contribution in [0, 0.1) is 3.57 Å². The average Bonchev–Trinajstić information content (AvgIpc) is 1.82. The molecule has 10 heavy (non-hydrogen) atoms. The molecule has 0 amide bonds. The van der Waals surface area contributed by atoms with Gasteiger partial charge in [-0.3, -0.25) is 4.79 Å². The van der Waals surface area contributed by atoms with Crippen LogP contribution in [0.25, 0.3) is 0 Å². The fourth-order valence-corrected chi connectivity index (χ4v) is 1.79. The highest BCUT2D eigenvalue weighted by atomic mass is 127. The van der Waals surface area contributed by atoms with Crippen molar-refractivity contribution in [3.05, 3.63) is 31.2 Å². The molecule has 1 rings (SSSR count). The van der Waals surface area contributed by atoms with E-state index < -0.39 is 0 Å². The minimum absolute atomic E-state index is 0.00926. The highest BCUT2D eigenvalue weighted by Crippen LogP contribution is 2.07. The molecule has 0 aromatic carbocycles. The summed E-state index contributed by atoms with van der Waals surface area (Å²) in [5.74, 6) is 0. The molecule has 54 valence electrons. The van der Waals surface area contributed by atoms with E-state index in [0.29, 0.717) is 8.59 Å². The molecule has 0 aliphatic carbocycles. The molecule has 1 aromatic heterocycles. The molecule has 0 unspecified atom stereocenters. The zero-order chi connectivity index (χ0) is 7.72. The van der Waals surface area contributed by atoms with Gasteiger partial charge in [0.15, 0.2) is 0 Å². The summed E-state index contributed by atoms with van der Waals surface area (Å²) >= 11 is 7.62. The minimum Gasteiger partial charge on any atom is -0.316 e. The van der Waals surface area contributed by atoms with Gasteiger partial charge >= 0.3 is 0 Å². The number of aryl methyl sites for hydroxylation is 1. The molecule has 2 nitrogen and oxygen atoms in total. The highest BCUT2D eigenvalue weighted by Gasteiger charge is 1.97. The summed E-state index contributed by atoms with van der Waals surface area (Å²) in [5, 5.41) is 0.589. The Morgan fingerprint density at radius 2 is 2.30 bits per heavy atom. The van der Waals surface area contributed by atoms with E-state index in [1.165, 1.54) is 4.57 Å². The van der Waals surface area contributed by atoms with Gasteiger partial charge < -0.3 is 4.57 Å². The van der Waals surface area contributed by atoms with Crippen molar-refractivity contribution in [1.29, 1.82) is 0 Å². The molecule has 1 heterocycles. The van der Waals surface area contributed by atoms with E-state index >= 15 is 0 Å². The first-order valence-electron chi connectivity index (χ1n) is 2.63. The van der Waals surface area contributed by atoms with Crippen molar-refractivity contribution in [1.82, 2.24) is 4.57 Å². The number of halogens is 2. The fraction of sp³-hybridized carbons (Fsp3) is 0.167. The topological polar surface area (TPSA) is 22.0 Å². The predicted octanol–water partition coefficient (Wildman–Crippen LogP) is 1.64. The van der Waals surface area contributed by atoms with Crippen LogP contribution in [0.3, 0.4) is 0 Å². The van der Waals surface area contributed by atoms with E-state index in [-0.39, 0.29) is 5.56 Å². The monoisotopic (exact) mass is 269 g/mol. The Kier molecular flexibility index (Phi) is 2.36. The van der Waals surface area contributed by atoms with Gasteiger partial charge in [-0.15, -0.1) is 0 Å². The molecule has 0 fully saturated rings. The van der Waals surface area contributed by atoms with Gasteiger partial charge in [-0.25, -0.2) is 0 Å². The summed E-state index contributed by atoms with van der Waals surface area (Å²) in [7, 11) is 1.68. The van der Waals surface area contributed by atoms with E-state index in [4.69, 9.17) is 11.6 Å². The molecule has 0 aliphatic heterocycles. The number of nitrogens with zero attached hydrogens (tertiary/aromatic N) is 1.